The van der Waals surface area contributed by atoms with Crippen LogP contribution in [0.3, 0.4) is 0 Å². The summed E-state index contributed by atoms with van der Waals surface area (Å²) in [5.74, 6) is -0.608. The van der Waals surface area contributed by atoms with Crippen LogP contribution in [0.2, 0.25) is 0 Å². The molecule has 76 valence electrons. The average Bonchev–Trinajstić information content (AvgIpc) is 2.70. The molecule has 1 N–H and O–H groups in total. The molecule has 0 bridgehead atoms. The number of halogens is 1. The Morgan fingerprint density at radius 3 is 3.07 bits per heavy atom. The minimum atomic E-state index is -0.861. The van der Waals surface area contributed by atoms with Crippen LogP contribution in [0.15, 0.2) is 9.17 Å². The largest absolute Gasteiger partial charge is 0.478 e. The van der Waals surface area contributed by atoms with Crippen molar-refractivity contribution in [2.75, 3.05) is 13.2 Å². The zero-order chi connectivity index (χ0) is 10.1. The molecule has 0 radical (unpaired) electrons. The standard InChI is InChI=1S/C9H9BrO3S/c10-8-7(9(11)12)6(4-14-8)5-1-2-13-3-5/h4-5H,1-3H2,(H,11,12). The highest BCUT2D eigenvalue weighted by atomic mass is 79.9. The minimum Gasteiger partial charge on any atom is -0.478 e. The van der Waals surface area contributed by atoms with Gasteiger partial charge in [-0.05, 0) is 33.3 Å². The molecule has 1 unspecified atom stereocenters. The lowest BCUT2D eigenvalue weighted by Gasteiger charge is -2.06. The lowest BCUT2D eigenvalue weighted by molar-refractivity contribution is 0.0695. The second kappa shape index (κ2) is 4.00. The SMILES string of the molecule is O=C(O)c1c(C2CCOC2)csc1Br. The Morgan fingerprint density at radius 1 is 1.71 bits per heavy atom. The van der Waals surface area contributed by atoms with E-state index in [1.54, 1.807) is 0 Å². The maximum atomic E-state index is 11.0. The molecule has 2 heterocycles. The third-order valence-corrected chi connectivity index (χ3v) is 4.10. The summed E-state index contributed by atoms with van der Waals surface area (Å²) in [6.45, 7) is 1.38. The molecular weight excluding hydrogens is 268 g/mol. The summed E-state index contributed by atoms with van der Waals surface area (Å²) in [6, 6.07) is 0. The van der Waals surface area contributed by atoms with Crippen LogP contribution in [-0.4, -0.2) is 24.3 Å². The number of hydrogen-bond donors (Lipinski definition) is 1. The monoisotopic (exact) mass is 276 g/mol. The number of rotatable bonds is 2. The first-order valence-electron chi connectivity index (χ1n) is 4.28. The van der Waals surface area contributed by atoms with E-state index in [1.165, 1.54) is 11.3 Å². The number of hydrogen-bond acceptors (Lipinski definition) is 3. The topological polar surface area (TPSA) is 46.5 Å². The van der Waals surface area contributed by atoms with E-state index >= 15 is 0 Å². The molecule has 0 amide bonds. The van der Waals surface area contributed by atoms with Gasteiger partial charge in [-0.25, -0.2) is 4.79 Å². The third-order valence-electron chi connectivity index (χ3n) is 2.36. The van der Waals surface area contributed by atoms with E-state index in [4.69, 9.17) is 9.84 Å². The molecule has 1 fully saturated rings. The summed E-state index contributed by atoms with van der Waals surface area (Å²) >= 11 is 4.69. The van der Waals surface area contributed by atoms with Gasteiger partial charge < -0.3 is 9.84 Å². The van der Waals surface area contributed by atoms with Gasteiger partial charge in [-0.1, -0.05) is 0 Å². The summed E-state index contributed by atoms with van der Waals surface area (Å²) in [4.78, 5) is 11.0. The Hall–Kier alpha value is -0.390. The summed E-state index contributed by atoms with van der Waals surface area (Å²) < 4.78 is 5.95. The molecule has 14 heavy (non-hydrogen) atoms. The number of carbonyl (C=O) groups is 1. The van der Waals surface area contributed by atoms with Crippen molar-refractivity contribution >= 4 is 33.2 Å². The predicted molar refractivity (Wildman–Crippen MR) is 57.2 cm³/mol. The number of thiophene rings is 1. The number of ether oxygens (including phenoxy) is 1. The molecule has 1 atom stereocenters. The van der Waals surface area contributed by atoms with Gasteiger partial charge in [0, 0.05) is 12.5 Å². The molecule has 1 aliphatic heterocycles. The molecule has 1 aliphatic rings. The van der Waals surface area contributed by atoms with Gasteiger partial charge in [-0.2, -0.15) is 0 Å². The van der Waals surface area contributed by atoms with Crippen molar-refractivity contribution in [2.24, 2.45) is 0 Å². The summed E-state index contributed by atoms with van der Waals surface area (Å²) in [7, 11) is 0. The van der Waals surface area contributed by atoms with Gasteiger partial charge >= 0.3 is 5.97 Å². The van der Waals surface area contributed by atoms with Crippen molar-refractivity contribution in [1.82, 2.24) is 0 Å². The van der Waals surface area contributed by atoms with Crippen molar-refractivity contribution in [2.45, 2.75) is 12.3 Å². The van der Waals surface area contributed by atoms with E-state index in [0.717, 1.165) is 18.6 Å². The summed E-state index contributed by atoms with van der Waals surface area (Å²) in [5, 5.41) is 10.9. The Morgan fingerprint density at radius 2 is 2.50 bits per heavy atom. The molecular formula is C9H9BrO3S. The fourth-order valence-electron chi connectivity index (χ4n) is 1.63. The van der Waals surface area contributed by atoms with Gasteiger partial charge in [0.05, 0.1) is 16.0 Å². The summed E-state index contributed by atoms with van der Waals surface area (Å²) in [5.41, 5.74) is 1.32. The molecule has 0 spiro atoms. The normalized spacial score (nSPS) is 21.4. The highest BCUT2D eigenvalue weighted by Gasteiger charge is 2.26. The van der Waals surface area contributed by atoms with Crippen LogP contribution in [0.4, 0.5) is 0 Å². The fourth-order valence-corrected chi connectivity index (χ4v) is 3.18. The Bertz CT molecular complexity index is 355. The molecule has 1 aromatic rings. The van der Waals surface area contributed by atoms with Crippen molar-refractivity contribution in [3.05, 3.63) is 20.3 Å². The maximum Gasteiger partial charge on any atom is 0.338 e. The molecule has 1 aromatic heterocycles. The Labute approximate surface area is 93.8 Å². The first kappa shape index (κ1) is 10.1. The van der Waals surface area contributed by atoms with E-state index in [0.29, 0.717) is 16.0 Å². The van der Waals surface area contributed by atoms with Crippen molar-refractivity contribution < 1.29 is 14.6 Å². The lowest BCUT2D eigenvalue weighted by atomic mass is 9.98. The minimum absolute atomic E-state index is 0.253. The van der Waals surface area contributed by atoms with Gasteiger partial charge in [0.1, 0.15) is 0 Å². The van der Waals surface area contributed by atoms with Crippen molar-refractivity contribution in [3.8, 4) is 0 Å². The summed E-state index contributed by atoms with van der Waals surface area (Å²) in [6.07, 6.45) is 0.920. The van der Waals surface area contributed by atoms with E-state index in [9.17, 15) is 4.79 Å². The van der Waals surface area contributed by atoms with Gasteiger partial charge in [0.25, 0.3) is 0 Å². The van der Waals surface area contributed by atoms with Crippen molar-refractivity contribution in [1.29, 1.82) is 0 Å². The molecule has 5 heteroatoms. The van der Waals surface area contributed by atoms with Gasteiger partial charge in [-0.3, -0.25) is 0 Å². The molecule has 0 aliphatic carbocycles. The smallest absolute Gasteiger partial charge is 0.338 e. The molecule has 2 rings (SSSR count). The van der Waals surface area contributed by atoms with E-state index < -0.39 is 5.97 Å². The number of carboxylic acids is 1. The van der Waals surface area contributed by atoms with Crippen LogP contribution >= 0.6 is 27.3 Å². The molecule has 0 saturated carbocycles. The lowest BCUT2D eigenvalue weighted by Crippen LogP contribution is -2.05. The quantitative estimate of drug-likeness (QED) is 0.904. The zero-order valence-corrected chi connectivity index (χ0v) is 9.73. The highest BCUT2D eigenvalue weighted by Crippen LogP contribution is 2.36. The predicted octanol–water partition coefficient (Wildman–Crippen LogP) is 2.71. The van der Waals surface area contributed by atoms with E-state index in [1.807, 2.05) is 5.38 Å². The Balaban J connectivity index is 2.37. The van der Waals surface area contributed by atoms with E-state index in [2.05, 4.69) is 15.9 Å². The van der Waals surface area contributed by atoms with Crippen LogP contribution in [0.5, 0.6) is 0 Å². The first-order valence-corrected chi connectivity index (χ1v) is 5.95. The zero-order valence-electron chi connectivity index (χ0n) is 7.33. The van der Waals surface area contributed by atoms with Gasteiger partial charge in [0.2, 0.25) is 0 Å². The van der Waals surface area contributed by atoms with Crippen LogP contribution in [0.25, 0.3) is 0 Å². The second-order valence-corrected chi connectivity index (χ2v) is 5.40. The van der Waals surface area contributed by atoms with Crippen LogP contribution in [-0.2, 0) is 4.74 Å². The second-order valence-electron chi connectivity index (χ2n) is 3.21. The van der Waals surface area contributed by atoms with Gasteiger partial charge in [0.15, 0.2) is 0 Å². The number of aromatic carboxylic acids is 1. The number of carboxylic acid groups (broad SMARTS) is 1. The third kappa shape index (κ3) is 1.71. The highest BCUT2D eigenvalue weighted by molar-refractivity contribution is 9.11. The fraction of sp³-hybridized carbons (Fsp3) is 0.444. The molecule has 1 saturated heterocycles. The molecule has 3 nitrogen and oxygen atoms in total. The van der Waals surface area contributed by atoms with Crippen LogP contribution in [0, 0.1) is 0 Å². The van der Waals surface area contributed by atoms with Crippen LogP contribution in [0.1, 0.15) is 28.3 Å². The Kier molecular flexibility index (Phi) is 2.90. The maximum absolute atomic E-state index is 11.0. The average molecular weight is 277 g/mol. The first-order chi connectivity index (χ1) is 6.70. The van der Waals surface area contributed by atoms with Gasteiger partial charge in [-0.15, -0.1) is 11.3 Å². The molecule has 0 aromatic carbocycles. The van der Waals surface area contributed by atoms with Crippen molar-refractivity contribution in [3.63, 3.8) is 0 Å². The van der Waals surface area contributed by atoms with Crippen LogP contribution < -0.4 is 0 Å². The van der Waals surface area contributed by atoms with E-state index in [-0.39, 0.29) is 5.92 Å².